The van der Waals surface area contributed by atoms with Crippen LogP contribution < -0.4 is 0 Å². The molecule has 0 fully saturated rings. The van der Waals surface area contributed by atoms with Crippen LogP contribution in [0.5, 0.6) is 0 Å². The summed E-state index contributed by atoms with van der Waals surface area (Å²) in [6, 6.07) is 63.3. The van der Waals surface area contributed by atoms with Crippen LogP contribution >= 0.6 is 0 Å². The highest BCUT2D eigenvalue weighted by molar-refractivity contribution is 6.23. The molecule has 12 rings (SSSR count). The normalized spacial score (nSPS) is 13.1. The molecule has 0 saturated heterocycles. The summed E-state index contributed by atoms with van der Waals surface area (Å²) in [5.74, 6) is 0. The molecule has 0 amide bonds. The number of hydrogen-bond acceptors (Lipinski definition) is 3. The first-order chi connectivity index (χ1) is 28.5. The molecule has 0 bridgehead atoms. The lowest BCUT2D eigenvalue weighted by Gasteiger charge is -2.23. The summed E-state index contributed by atoms with van der Waals surface area (Å²) in [6.07, 6.45) is 1.93. The summed E-state index contributed by atoms with van der Waals surface area (Å²) >= 11 is 0. The minimum absolute atomic E-state index is 0.181. The summed E-state index contributed by atoms with van der Waals surface area (Å²) in [5.41, 5.74) is 17.8. The van der Waals surface area contributed by atoms with Crippen molar-refractivity contribution in [2.24, 2.45) is 0 Å². The molecule has 3 heteroatoms. The number of nitrogens with zero attached hydrogens (tertiary/aromatic N) is 2. The van der Waals surface area contributed by atoms with Crippen LogP contribution in [0.15, 0.2) is 187 Å². The number of fused-ring (bicyclic) bond motifs is 12. The Morgan fingerprint density at radius 3 is 1.60 bits per heavy atom. The van der Waals surface area contributed by atoms with E-state index < -0.39 is 0 Å². The van der Waals surface area contributed by atoms with Crippen molar-refractivity contribution in [3.05, 3.63) is 193 Å². The Morgan fingerprint density at radius 2 is 0.914 bits per heavy atom. The van der Waals surface area contributed by atoms with E-state index in [2.05, 4.69) is 178 Å². The molecule has 0 saturated carbocycles. The molecule has 2 heterocycles. The van der Waals surface area contributed by atoms with E-state index >= 15 is 0 Å². The molecule has 0 unspecified atom stereocenters. The Kier molecular flexibility index (Phi) is 6.98. The van der Waals surface area contributed by atoms with Gasteiger partial charge in [-0.15, -0.1) is 0 Å². The van der Waals surface area contributed by atoms with Gasteiger partial charge in [-0.2, -0.15) is 0 Å². The molecule has 0 aliphatic heterocycles. The van der Waals surface area contributed by atoms with Crippen molar-refractivity contribution in [1.29, 1.82) is 0 Å². The van der Waals surface area contributed by atoms with Crippen molar-refractivity contribution in [2.75, 3.05) is 0 Å². The number of hydrogen-bond donors (Lipinski definition) is 0. The maximum Gasteiger partial charge on any atom is 0.143 e. The van der Waals surface area contributed by atoms with Crippen molar-refractivity contribution in [3.63, 3.8) is 0 Å². The van der Waals surface area contributed by atoms with Crippen LogP contribution in [0.25, 0.3) is 110 Å². The Bertz CT molecular complexity index is 3460. The third-order valence-corrected chi connectivity index (χ3v) is 12.5. The monoisotopic (exact) mass is 740 g/mol. The molecule has 3 nitrogen and oxygen atoms in total. The highest BCUT2D eigenvalue weighted by atomic mass is 16.3. The molecule has 0 spiro atoms. The topological polar surface area (TPSA) is 38.9 Å². The fourth-order valence-corrected chi connectivity index (χ4v) is 9.56. The molecule has 0 radical (unpaired) electrons. The standard InChI is InChI=1S/C55H36N2O/c1-55(2)48-30-35(33-12-9-14-37(28-33)39-21-11-22-47-44-18-7-8-23-51(44)58-54(39)47)24-26-42(48)43-27-25-36(31-49(43)55)34-13-10-15-38(29-34)50-32-56-52-45-19-5-3-16-40(45)41-17-4-6-20-46(41)53(52)57-50/h3-32H,1-2H3. The van der Waals surface area contributed by atoms with Crippen molar-refractivity contribution in [2.45, 2.75) is 19.3 Å². The van der Waals surface area contributed by atoms with Gasteiger partial charge in [-0.3, -0.25) is 4.98 Å². The summed E-state index contributed by atoms with van der Waals surface area (Å²) < 4.78 is 6.41. The number of para-hydroxylation sites is 2. The molecule has 1 aliphatic rings. The third kappa shape index (κ3) is 4.86. The Labute approximate surface area is 335 Å². The van der Waals surface area contributed by atoms with Crippen LogP contribution in [0.4, 0.5) is 0 Å². The minimum Gasteiger partial charge on any atom is -0.455 e. The van der Waals surface area contributed by atoms with Crippen LogP contribution in [0.3, 0.4) is 0 Å². The number of benzene rings is 9. The second kappa shape index (κ2) is 12.3. The number of rotatable bonds is 4. The van der Waals surface area contributed by atoms with E-state index in [1.165, 1.54) is 49.7 Å². The third-order valence-electron chi connectivity index (χ3n) is 12.5. The zero-order valence-electron chi connectivity index (χ0n) is 32.1. The van der Waals surface area contributed by atoms with E-state index in [0.29, 0.717) is 0 Å². The molecular weight excluding hydrogens is 705 g/mol. The van der Waals surface area contributed by atoms with Gasteiger partial charge in [-0.05, 0) is 91.2 Å². The van der Waals surface area contributed by atoms with Crippen LogP contribution in [-0.4, -0.2) is 9.97 Å². The van der Waals surface area contributed by atoms with E-state index in [1.54, 1.807) is 0 Å². The van der Waals surface area contributed by atoms with Crippen molar-refractivity contribution < 1.29 is 4.42 Å². The SMILES string of the molecule is CC1(C)c2cc(-c3cccc(-c4cnc5c6ccccc6c6ccccc6c5n4)c3)ccc2-c2ccc(-c3cccc(-c4cccc5c4oc4ccccc45)c3)cc21. The maximum atomic E-state index is 6.41. The predicted molar refractivity (Wildman–Crippen MR) is 241 cm³/mol. The second-order valence-corrected chi connectivity index (χ2v) is 16.1. The second-order valence-electron chi connectivity index (χ2n) is 16.1. The van der Waals surface area contributed by atoms with Gasteiger partial charge in [0.05, 0.1) is 22.9 Å². The van der Waals surface area contributed by atoms with Gasteiger partial charge >= 0.3 is 0 Å². The molecule has 58 heavy (non-hydrogen) atoms. The van der Waals surface area contributed by atoms with Gasteiger partial charge in [0.15, 0.2) is 0 Å². The Balaban J connectivity index is 0.895. The molecule has 272 valence electrons. The van der Waals surface area contributed by atoms with Gasteiger partial charge < -0.3 is 4.42 Å². The zero-order chi connectivity index (χ0) is 38.5. The lowest BCUT2D eigenvalue weighted by molar-refractivity contribution is 0.661. The van der Waals surface area contributed by atoms with Gasteiger partial charge in [0.25, 0.3) is 0 Å². The summed E-state index contributed by atoms with van der Waals surface area (Å²) in [6.45, 7) is 4.72. The van der Waals surface area contributed by atoms with Crippen LogP contribution in [0.2, 0.25) is 0 Å². The molecule has 0 atom stereocenters. The highest BCUT2D eigenvalue weighted by Crippen LogP contribution is 2.51. The zero-order valence-corrected chi connectivity index (χ0v) is 32.1. The largest absolute Gasteiger partial charge is 0.455 e. The first kappa shape index (κ1) is 32.8. The van der Waals surface area contributed by atoms with E-state index in [0.717, 1.165) is 71.7 Å². The number of aromatic nitrogens is 2. The lowest BCUT2D eigenvalue weighted by Crippen LogP contribution is -2.15. The fraction of sp³-hybridized carbons (Fsp3) is 0.0545. The van der Waals surface area contributed by atoms with E-state index in [4.69, 9.17) is 14.4 Å². The maximum absolute atomic E-state index is 6.41. The quantitative estimate of drug-likeness (QED) is 0.169. The van der Waals surface area contributed by atoms with E-state index in [-0.39, 0.29) is 5.41 Å². The Hall–Kier alpha value is -7.36. The molecular formula is C55H36N2O. The van der Waals surface area contributed by atoms with Gasteiger partial charge in [0.2, 0.25) is 0 Å². The van der Waals surface area contributed by atoms with Gasteiger partial charge in [0.1, 0.15) is 11.2 Å². The fourth-order valence-electron chi connectivity index (χ4n) is 9.56. The summed E-state index contributed by atoms with van der Waals surface area (Å²) in [4.78, 5) is 10.3. The van der Waals surface area contributed by atoms with E-state index in [9.17, 15) is 0 Å². The highest BCUT2D eigenvalue weighted by Gasteiger charge is 2.36. The summed E-state index contributed by atoms with van der Waals surface area (Å²) in [5, 5.41) is 6.95. The van der Waals surface area contributed by atoms with Gasteiger partial charge in [-0.25, -0.2) is 4.98 Å². The first-order valence-corrected chi connectivity index (χ1v) is 20.0. The van der Waals surface area contributed by atoms with Gasteiger partial charge in [-0.1, -0.05) is 159 Å². The van der Waals surface area contributed by atoms with Crippen molar-refractivity contribution in [1.82, 2.24) is 9.97 Å². The average molecular weight is 741 g/mol. The molecule has 9 aromatic carbocycles. The minimum atomic E-state index is -0.181. The van der Waals surface area contributed by atoms with Crippen LogP contribution in [-0.2, 0) is 5.41 Å². The predicted octanol–water partition coefficient (Wildman–Crippen LogP) is 14.8. The van der Waals surface area contributed by atoms with E-state index in [1.807, 2.05) is 18.3 Å². The van der Waals surface area contributed by atoms with Crippen molar-refractivity contribution in [3.8, 4) is 55.8 Å². The van der Waals surface area contributed by atoms with Crippen LogP contribution in [0, 0.1) is 0 Å². The lowest BCUT2D eigenvalue weighted by atomic mass is 9.80. The Morgan fingerprint density at radius 1 is 0.397 bits per heavy atom. The molecule has 2 aromatic heterocycles. The number of furan rings is 1. The van der Waals surface area contributed by atoms with Crippen LogP contribution in [0.1, 0.15) is 25.0 Å². The molecule has 0 N–H and O–H groups in total. The average Bonchev–Trinajstić information content (AvgIpc) is 3.78. The summed E-state index contributed by atoms with van der Waals surface area (Å²) in [7, 11) is 0. The first-order valence-electron chi connectivity index (χ1n) is 20.0. The molecule has 1 aliphatic carbocycles. The molecule has 11 aromatic rings. The van der Waals surface area contributed by atoms with Gasteiger partial charge in [0, 0.05) is 38.1 Å². The van der Waals surface area contributed by atoms with Crippen molar-refractivity contribution >= 4 is 54.5 Å². The smallest absolute Gasteiger partial charge is 0.143 e.